The number of hydrogen-bond acceptors (Lipinski definition) is 9. The fraction of sp³-hybridized carbons (Fsp3) is 0.160. The molecule has 0 spiro atoms. The van der Waals surface area contributed by atoms with Gasteiger partial charge in [0.05, 0.1) is 18.4 Å². The molecule has 12 heteroatoms. The van der Waals surface area contributed by atoms with Gasteiger partial charge in [-0.3, -0.25) is 4.79 Å². The second-order valence-electron chi connectivity index (χ2n) is 7.95. The molecule has 0 saturated carbocycles. The molecule has 4 rings (SSSR count). The van der Waals surface area contributed by atoms with Gasteiger partial charge in [0, 0.05) is 26.1 Å². The van der Waals surface area contributed by atoms with Crippen molar-refractivity contribution in [3.05, 3.63) is 77.9 Å². The van der Waals surface area contributed by atoms with E-state index in [0.717, 1.165) is 12.5 Å². The van der Waals surface area contributed by atoms with Crippen LogP contribution in [0.5, 0.6) is 17.2 Å². The molecule has 4 aromatic rings. The van der Waals surface area contributed by atoms with Crippen molar-refractivity contribution < 1.29 is 34.7 Å². The number of halogens is 1. The zero-order valence-corrected chi connectivity index (χ0v) is 22.8. The Morgan fingerprint density at radius 3 is 1.97 bits per heavy atom. The zero-order valence-electron chi connectivity index (χ0n) is 19.6. The Labute approximate surface area is 223 Å². The van der Waals surface area contributed by atoms with Gasteiger partial charge in [0.25, 0.3) is 0 Å². The van der Waals surface area contributed by atoms with E-state index in [0.29, 0.717) is 49.9 Å². The molecule has 0 N–H and O–H groups in total. The van der Waals surface area contributed by atoms with E-state index in [1.165, 1.54) is 29.5 Å². The molecular weight excluding hydrogens is 560 g/mol. The Kier molecular flexibility index (Phi) is 7.79. The molecule has 1 heterocycles. The van der Waals surface area contributed by atoms with Crippen LogP contribution in [0.15, 0.2) is 66.7 Å². The van der Waals surface area contributed by atoms with E-state index >= 15 is 0 Å². The number of rotatable bonds is 10. The number of alkyl halides is 1. The van der Waals surface area contributed by atoms with Crippen molar-refractivity contribution in [1.29, 1.82) is 0 Å². The van der Waals surface area contributed by atoms with Gasteiger partial charge in [-0.25, -0.2) is 0 Å². The van der Waals surface area contributed by atoms with Gasteiger partial charge in [-0.15, -0.1) is 22.9 Å². The molecule has 0 aliphatic rings. The highest BCUT2D eigenvalue weighted by molar-refractivity contribution is 7.86. The first-order valence-electron chi connectivity index (χ1n) is 10.7. The number of benzene rings is 3. The predicted octanol–water partition coefficient (Wildman–Crippen LogP) is 5.09. The first-order chi connectivity index (χ1) is 17.4. The van der Waals surface area contributed by atoms with Crippen LogP contribution in [0.25, 0.3) is 20.5 Å². The van der Waals surface area contributed by atoms with Crippen molar-refractivity contribution in [3.8, 4) is 27.7 Å². The molecule has 0 aliphatic heterocycles. The highest BCUT2D eigenvalue weighted by Gasteiger charge is 2.23. The molecule has 0 fully saturated rings. The summed E-state index contributed by atoms with van der Waals surface area (Å²) in [5.74, 6) is 0.926. The third-order valence-corrected chi connectivity index (χ3v) is 7.31. The van der Waals surface area contributed by atoms with E-state index in [-0.39, 0.29) is 17.3 Å². The second kappa shape index (κ2) is 10.7. The minimum atomic E-state index is -3.74. The van der Waals surface area contributed by atoms with Crippen LogP contribution in [0.1, 0.15) is 15.9 Å². The Morgan fingerprint density at radius 2 is 1.38 bits per heavy atom. The van der Waals surface area contributed by atoms with Gasteiger partial charge in [0.15, 0.2) is 5.78 Å². The highest BCUT2D eigenvalue weighted by Crippen LogP contribution is 2.42. The van der Waals surface area contributed by atoms with E-state index in [9.17, 15) is 21.6 Å². The van der Waals surface area contributed by atoms with Crippen LogP contribution in [-0.2, 0) is 20.2 Å². The minimum Gasteiger partial charge on any atom is -0.492 e. The van der Waals surface area contributed by atoms with Crippen molar-refractivity contribution in [1.82, 2.24) is 0 Å². The largest absolute Gasteiger partial charge is 0.492 e. The molecule has 0 bridgehead atoms. The number of carbonyl (C=O) groups excluding carboxylic acids is 1. The fourth-order valence-corrected chi connectivity index (χ4v) is 5.80. The monoisotopic (exact) mass is 580 g/mol. The lowest BCUT2D eigenvalue weighted by Crippen LogP contribution is -2.06. The molecule has 0 saturated heterocycles. The van der Waals surface area contributed by atoms with Crippen molar-refractivity contribution in [3.63, 3.8) is 0 Å². The molecule has 0 atom stereocenters. The third kappa shape index (κ3) is 6.80. The summed E-state index contributed by atoms with van der Waals surface area (Å²) in [7, 11) is -7.43. The van der Waals surface area contributed by atoms with Gasteiger partial charge in [0.1, 0.15) is 23.9 Å². The molecule has 194 valence electrons. The van der Waals surface area contributed by atoms with Crippen molar-refractivity contribution in [2.24, 2.45) is 0 Å². The molecular formula is C25H21ClO8S3. The van der Waals surface area contributed by atoms with Crippen LogP contribution in [0, 0.1) is 0 Å². The Bertz CT molecular complexity index is 1660. The van der Waals surface area contributed by atoms with Crippen LogP contribution >= 0.6 is 22.9 Å². The summed E-state index contributed by atoms with van der Waals surface area (Å²) < 4.78 is 62.2. The third-order valence-electron chi connectivity index (χ3n) is 4.96. The molecule has 0 unspecified atom stereocenters. The molecule has 0 aliphatic carbocycles. The van der Waals surface area contributed by atoms with Crippen LogP contribution in [0.2, 0.25) is 0 Å². The van der Waals surface area contributed by atoms with E-state index in [2.05, 4.69) is 0 Å². The number of thiophene rings is 1. The van der Waals surface area contributed by atoms with Crippen molar-refractivity contribution in [2.45, 2.75) is 0 Å². The number of fused-ring (bicyclic) bond motifs is 1. The minimum absolute atomic E-state index is 0.125. The van der Waals surface area contributed by atoms with Gasteiger partial charge >= 0.3 is 20.2 Å². The quantitative estimate of drug-likeness (QED) is 0.145. The summed E-state index contributed by atoms with van der Waals surface area (Å²) in [6, 6.07) is 17.7. The molecule has 8 nitrogen and oxygen atoms in total. The van der Waals surface area contributed by atoms with Crippen LogP contribution < -0.4 is 13.1 Å². The Morgan fingerprint density at radius 1 is 0.811 bits per heavy atom. The second-order valence-corrected chi connectivity index (χ2v) is 12.5. The van der Waals surface area contributed by atoms with Crippen LogP contribution in [0.3, 0.4) is 0 Å². The Balaban J connectivity index is 1.81. The predicted molar refractivity (Wildman–Crippen MR) is 144 cm³/mol. The number of ketones is 1. The number of hydrogen-bond donors (Lipinski definition) is 0. The maximum atomic E-state index is 13.7. The van der Waals surface area contributed by atoms with Gasteiger partial charge < -0.3 is 13.1 Å². The van der Waals surface area contributed by atoms with Gasteiger partial charge in [-0.1, -0.05) is 0 Å². The smallest absolute Gasteiger partial charge is 0.306 e. The fourth-order valence-electron chi connectivity index (χ4n) is 3.57. The normalized spacial score (nSPS) is 11.9. The van der Waals surface area contributed by atoms with Gasteiger partial charge in [0.2, 0.25) is 0 Å². The zero-order chi connectivity index (χ0) is 26.8. The lowest BCUT2D eigenvalue weighted by molar-refractivity contribution is 0.104. The van der Waals surface area contributed by atoms with Gasteiger partial charge in [-0.2, -0.15) is 16.8 Å². The summed E-state index contributed by atoms with van der Waals surface area (Å²) in [5.41, 5.74) is 1.49. The van der Waals surface area contributed by atoms with E-state index in [4.69, 9.17) is 24.7 Å². The molecule has 3 aromatic carbocycles. The number of ether oxygens (including phenoxy) is 1. The summed E-state index contributed by atoms with van der Waals surface area (Å²) >= 11 is 6.94. The molecule has 1 aromatic heterocycles. The first kappa shape index (κ1) is 26.9. The van der Waals surface area contributed by atoms with E-state index < -0.39 is 20.2 Å². The van der Waals surface area contributed by atoms with E-state index in [1.54, 1.807) is 48.5 Å². The molecule has 0 amide bonds. The number of carbonyl (C=O) groups is 1. The average Bonchev–Trinajstić information content (AvgIpc) is 3.19. The van der Waals surface area contributed by atoms with Crippen LogP contribution in [0.4, 0.5) is 0 Å². The lowest BCUT2D eigenvalue weighted by atomic mass is 9.97. The maximum absolute atomic E-state index is 13.7. The summed E-state index contributed by atoms with van der Waals surface area (Å²) in [6.07, 6.45) is 1.90. The van der Waals surface area contributed by atoms with Crippen LogP contribution in [-0.4, -0.2) is 47.6 Å². The Hall–Kier alpha value is -3.12. The van der Waals surface area contributed by atoms with Crippen molar-refractivity contribution in [2.75, 3.05) is 25.0 Å². The summed E-state index contributed by atoms with van der Waals surface area (Å²) in [5, 5.41) is 0.616. The maximum Gasteiger partial charge on any atom is 0.306 e. The first-order valence-corrected chi connectivity index (χ1v) is 15.7. The highest BCUT2D eigenvalue weighted by atomic mass is 35.5. The standard InChI is InChI=1S/C25H21ClO8S3/c1-36(28,29)33-19-9-5-17(6-10-19)25-23(24(27)16-3-7-18(8-4-16)32-14-13-26)21-12-11-20(15-22(21)35-25)34-37(2,30)31/h3-12,15H,13-14H2,1-2H3. The van der Waals surface area contributed by atoms with Crippen molar-refractivity contribution >= 4 is 59.0 Å². The topological polar surface area (TPSA) is 113 Å². The summed E-state index contributed by atoms with van der Waals surface area (Å²) in [4.78, 5) is 14.3. The van der Waals surface area contributed by atoms with E-state index in [1.807, 2.05) is 0 Å². The lowest BCUT2D eigenvalue weighted by Gasteiger charge is -2.08. The molecule has 37 heavy (non-hydrogen) atoms. The average molecular weight is 581 g/mol. The SMILES string of the molecule is CS(=O)(=O)Oc1ccc(-c2sc3cc(OS(C)(=O)=O)ccc3c2C(=O)c2ccc(OCCCl)cc2)cc1. The molecule has 0 radical (unpaired) electrons. The summed E-state index contributed by atoms with van der Waals surface area (Å²) in [6.45, 7) is 0.338. The van der Waals surface area contributed by atoms with Gasteiger partial charge in [-0.05, 0) is 72.3 Å².